The number of nitrogens with two attached hydrogens (primary N) is 1. The van der Waals surface area contributed by atoms with Gasteiger partial charge in [0.15, 0.2) is 5.03 Å². The van der Waals surface area contributed by atoms with E-state index in [2.05, 4.69) is 16.8 Å². The van der Waals surface area contributed by atoms with Crippen molar-refractivity contribution in [3.05, 3.63) is 12.0 Å². The largest absolute Gasteiger partial charge is 0.334 e. The lowest BCUT2D eigenvalue weighted by Crippen LogP contribution is -2.52. The summed E-state index contributed by atoms with van der Waals surface area (Å²) < 4.78 is 28.6. The Morgan fingerprint density at radius 3 is 2.43 bits per heavy atom. The predicted molar refractivity (Wildman–Crippen MR) is 81.5 cm³/mol. The summed E-state index contributed by atoms with van der Waals surface area (Å²) in [4.78, 5) is 6.42. The first kappa shape index (κ1) is 16.4. The van der Waals surface area contributed by atoms with Gasteiger partial charge in [0.1, 0.15) is 5.82 Å². The molecule has 2 N–H and O–H groups in total. The number of rotatable bonds is 5. The maximum atomic E-state index is 12.6. The normalized spacial score (nSPS) is 19.8. The molecule has 0 amide bonds. The van der Waals surface area contributed by atoms with E-state index in [1.54, 1.807) is 6.20 Å². The maximum Gasteiger partial charge on any atom is 0.262 e. The van der Waals surface area contributed by atoms with Crippen LogP contribution in [0.25, 0.3) is 0 Å². The van der Waals surface area contributed by atoms with Crippen molar-refractivity contribution in [2.75, 3.05) is 32.7 Å². The van der Waals surface area contributed by atoms with Crippen LogP contribution >= 0.6 is 0 Å². The van der Waals surface area contributed by atoms with Crippen LogP contribution in [0.5, 0.6) is 0 Å². The van der Waals surface area contributed by atoms with Crippen LogP contribution in [-0.4, -0.2) is 65.9 Å². The van der Waals surface area contributed by atoms with Crippen LogP contribution in [0.1, 0.15) is 19.7 Å². The van der Waals surface area contributed by atoms with E-state index in [0.29, 0.717) is 32.7 Å². The van der Waals surface area contributed by atoms with Gasteiger partial charge in [-0.1, -0.05) is 0 Å². The molecule has 0 aliphatic carbocycles. The average molecular weight is 315 g/mol. The zero-order chi connectivity index (χ0) is 15.6. The lowest BCUT2D eigenvalue weighted by molar-refractivity contribution is 0.148. The molecule has 1 aliphatic heterocycles. The van der Waals surface area contributed by atoms with Crippen LogP contribution in [0.2, 0.25) is 0 Å². The first-order valence-corrected chi connectivity index (χ1v) is 8.82. The molecule has 0 bridgehead atoms. The van der Waals surface area contributed by atoms with Gasteiger partial charge in [0.25, 0.3) is 10.0 Å². The van der Waals surface area contributed by atoms with Crippen LogP contribution in [0.3, 0.4) is 0 Å². The Balaban J connectivity index is 2.11. The lowest BCUT2D eigenvalue weighted by Gasteiger charge is -2.36. The van der Waals surface area contributed by atoms with Crippen LogP contribution in [-0.2, 0) is 16.6 Å². The fourth-order valence-corrected chi connectivity index (χ4v) is 4.01. The van der Waals surface area contributed by atoms with Crippen LogP contribution in [0.15, 0.2) is 11.2 Å². The van der Waals surface area contributed by atoms with Gasteiger partial charge in [-0.2, -0.15) is 4.31 Å². The number of aryl methyl sites for hydroxylation is 2. The number of hydrogen-bond acceptors (Lipinski definition) is 5. The van der Waals surface area contributed by atoms with Gasteiger partial charge in [0.05, 0.1) is 0 Å². The van der Waals surface area contributed by atoms with Crippen LogP contribution < -0.4 is 5.73 Å². The quantitative estimate of drug-likeness (QED) is 0.818. The highest BCUT2D eigenvalue weighted by Gasteiger charge is 2.31. The van der Waals surface area contributed by atoms with E-state index in [1.165, 1.54) is 4.31 Å². The first-order chi connectivity index (χ1) is 9.90. The number of sulfonamides is 1. The number of piperazine rings is 1. The highest BCUT2D eigenvalue weighted by Crippen LogP contribution is 2.18. The van der Waals surface area contributed by atoms with Gasteiger partial charge in [0.2, 0.25) is 0 Å². The van der Waals surface area contributed by atoms with Gasteiger partial charge in [0, 0.05) is 51.5 Å². The van der Waals surface area contributed by atoms with Crippen molar-refractivity contribution in [2.24, 2.45) is 5.73 Å². The van der Waals surface area contributed by atoms with Crippen LogP contribution in [0.4, 0.5) is 0 Å². The molecule has 1 saturated heterocycles. The molecule has 21 heavy (non-hydrogen) atoms. The van der Waals surface area contributed by atoms with Gasteiger partial charge in [-0.15, -0.1) is 0 Å². The Labute approximate surface area is 126 Å². The Kier molecular flexibility index (Phi) is 5.03. The second-order valence-electron chi connectivity index (χ2n) is 5.44. The number of nitrogens with zero attached hydrogens (tertiary/aromatic N) is 4. The molecule has 2 heterocycles. The van der Waals surface area contributed by atoms with E-state index in [4.69, 9.17) is 5.73 Å². The molecule has 0 spiro atoms. The Morgan fingerprint density at radius 1 is 1.33 bits per heavy atom. The molecule has 0 aromatic carbocycles. The Hall–Kier alpha value is -0.960. The van der Waals surface area contributed by atoms with Gasteiger partial charge >= 0.3 is 0 Å². The van der Waals surface area contributed by atoms with Crippen molar-refractivity contribution in [1.29, 1.82) is 0 Å². The lowest BCUT2D eigenvalue weighted by atomic mass is 10.2. The highest BCUT2D eigenvalue weighted by atomic mass is 32.2. The van der Waals surface area contributed by atoms with E-state index in [1.807, 2.05) is 18.4 Å². The zero-order valence-corrected chi connectivity index (χ0v) is 13.8. The molecule has 0 saturated carbocycles. The van der Waals surface area contributed by atoms with Crippen LogP contribution in [0, 0.1) is 6.92 Å². The monoisotopic (exact) mass is 315 g/mol. The van der Waals surface area contributed by atoms with Crippen molar-refractivity contribution < 1.29 is 8.42 Å². The zero-order valence-electron chi connectivity index (χ0n) is 13.0. The summed E-state index contributed by atoms with van der Waals surface area (Å²) in [6.07, 6.45) is 1.62. The van der Waals surface area contributed by atoms with Crippen molar-refractivity contribution >= 4 is 10.0 Å². The molecule has 1 aromatic rings. The summed E-state index contributed by atoms with van der Waals surface area (Å²) in [5.74, 6) is 0.728. The fourth-order valence-electron chi connectivity index (χ4n) is 2.59. The molecule has 1 unspecified atom stereocenters. The molecular weight excluding hydrogens is 290 g/mol. The van der Waals surface area contributed by atoms with Gasteiger partial charge in [-0.3, -0.25) is 4.90 Å². The summed E-state index contributed by atoms with van der Waals surface area (Å²) in [6, 6.07) is 0.288. The van der Waals surface area contributed by atoms with Crippen molar-refractivity contribution in [3.8, 4) is 0 Å². The second-order valence-corrected chi connectivity index (χ2v) is 7.32. The van der Waals surface area contributed by atoms with Crippen molar-refractivity contribution in [1.82, 2.24) is 18.8 Å². The molecule has 2 rings (SSSR count). The van der Waals surface area contributed by atoms with Gasteiger partial charge in [-0.25, -0.2) is 13.4 Å². The summed E-state index contributed by atoms with van der Waals surface area (Å²) in [6.45, 7) is 9.58. The smallest absolute Gasteiger partial charge is 0.262 e. The standard InChI is InChI=1S/C13H25N5O2S/c1-4-16-10-13(15-12(16)3)21(19,20)18-7-5-17(6-8-18)11(2)9-14/h10-11H,4-9,14H2,1-3H3. The number of aromatic nitrogens is 2. The number of imidazole rings is 1. The summed E-state index contributed by atoms with van der Waals surface area (Å²) in [5.41, 5.74) is 5.66. The minimum Gasteiger partial charge on any atom is -0.334 e. The fraction of sp³-hybridized carbons (Fsp3) is 0.769. The van der Waals surface area contributed by atoms with E-state index < -0.39 is 10.0 Å². The van der Waals surface area contributed by atoms with E-state index in [9.17, 15) is 8.42 Å². The molecule has 1 atom stereocenters. The summed E-state index contributed by atoms with van der Waals surface area (Å²) in [5, 5.41) is 0.155. The van der Waals surface area contributed by atoms with Crippen molar-refractivity contribution in [2.45, 2.75) is 38.4 Å². The Morgan fingerprint density at radius 2 is 1.95 bits per heavy atom. The molecule has 1 fully saturated rings. The Bertz CT molecular complexity index is 575. The topological polar surface area (TPSA) is 84.5 Å². The van der Waals surface area contributed by atoms with Gasteiger partial charge < -0.3 is 10.3 Å². The third kappa shape index (κ3) is 3.28. The minimum atomic E-state index is -3.49. The third-order valence-electron chi connectivity index (χ3n) is 4.14. The SMILES string of the molecule is CCn1cc(S(=O)(=O)N2CCN(C(C)CN)CC2)nc1C. The first-order valence-electron chi connectivity index (χ1n) is 7.38. The predicted octanol–water partition coefficient (Wildman–Crippen LogP) is -0.135. The third-order valence-corrected chi connectivity index (χ3v) is 5.91. The van der Waals surface area contributed by atoms with Crippen molar-refractivity contribution in [3.63, 3.8) is 0 Å². The van der Waals surface area contributed by atoms with E-state index in [-0.39, 0.29) is 11.1 Å². The van der Waals surface area contributed by atoms with E-state index in [0.717, 1.165) is 12.4 Å². The molecule has 0 radical (unpaired) electrons. The average Bonchev–Trinajstić information content (AvgIpc) is 2.88. The van der Waals surface area contributed by atoms with E-state index >= 15 is 0 Å². The van der Waals surface area contributed by atoms with Gasteiger partial charge in [-0.05, 0) is 20.8 Å². The molecule has 120 valence electrons. The molecule has 8 heteroatoms. The maximum absolute atomic E-state index is 12.6. The summed E-state index contributed by atoms with van der Waals surface area (Å²) >= 11 is 0. The molecular formula is C13H25N5O2S. The minimum absolute atomic E-state index is 0.155. The second kappa shape index (κ2) is 6.43. The molecule has 1 aliphatic rings. The molecule has 1 aromatic heterocycles. The molecule has 7 nitrogen and oxygen atoms in total. The highest BCUT2D eigenvalue weighted by molar-refractivity contribution is 7.89. The number of hydrogen-bond donors (Lipinski definition) is 1. The summed E-state index contributed by atoms with van der Waals surface area (Å²) in [7, 11) is -3.49.